The first-order chi connectivity index (χ1) is 12.7. The second-order valence-electron chi connectivity index (χ2n) is 5.73. The molecule has 9 heteroatoms. The van der Waals surface area contributed by atoms with Gasteiger partial charge in [-0.05, 0) is 18.2 Å². The van der Waals surface area contributed by atoms with Gasteiger partial charge in [-0.1, -0.05) is 29.4 Å². The van der Waals surface area contributed by atoms with Gasteiger partial charge in [0.15, 0.2) is 5.65 Å². The van der Waals surface area contributed by atoms with Crippen molar-refractivity contribution in [1.29, 1.82) is 0 Å². The van der Waals surface area contributed by atoms with Crippen LogP contribution in [-0.4, -0.2) is 62.6 Å². The maximum absolute atomic E-state index is 12.3. The summed E-state index contributed by atoms with van der Waals surface area (Å²) in [5.74, 6) is 0.418. The fourth-order valence-corrected chi connectivity index (χ4v) is 3.82. The maximum atomic E-state index is 12.3. The molecule has 0 saturated carbocycles. The van der Waals surface area contributed by atoms with E-state index in [0.717, 1.165) is 16.1 Å². The summed E-state index contributed by atoms with van der Waals surface area (Å²) in [6, 6.07) is 7.41. The van der Waals surface area contributed by atoms with Crippen molar-refractivity contribution in [2.24, 2.45) is 0 Å². The predicted octanol–water partition coefficient (Wildman–Crippen LogP) is 2.42. The van der Waals surface area contributed by atoms with Crippen LogP contribution < -0.4 is 0 Å². The third kappa shape index (κ3) is 3.53. The minimum atomic E-state index is 0.0901. The van der Waals surface area contributed by atoms with Gasteiger partial charge >= 0.3 is 0 Å². The number of nitrogens with zero attached hydrogens (tertiary/aromatic N) is 5. The molecule has 0 aliphatic carbocycles. The van der Waals surface area contributed by atoms with E-state index in [1.807, 2.05) is 29.2 Å². The number of carbonyl (C=O) groups is 1. The Morgan fingerprint density at radius 2 is 2.12 bits per heavy atom. The fourth-order valence-electron chi connectivity index (χ4n) is 2.77. The normalized spacial score (nSPS) is 14.7. The molecule has 134 valence electrons. The van der Waals surface area contributed by atoms with E-state index in [1.165, 1.54) is 18.1 Å². The highest BCUT2D eigenvalue weighted by atomic mass is 35.5. The molecule has 1 saturated heterocycles. The molecule has 1 aliphatic heterocycles. The Morgan fingerprint density at radius 1 is 1.27 bits per heavy atom. The van der Waals surface area contributed by atoms with Crippen molar-refractivity contribution in [3.05, 3.63) is 41.8 Å². The van der Waals surface area contributed by atoms with Crippen LogP contribution in [0.3, 0.4) is 0 Å². The molecular weight excluding hydrogens is 374 g/mol. The molecule has 0 atom stereocenters. The van der Waals surface area contributed by atoms with E-state index >= 15 is 0 Å². The smallest absolute Gasteiger partial charge is 0.233 e. The summed E-state index contributed by atoms with van der Waals surface area (Å²) >= 11 is 7.47. The lowest BCUT2D eigenvalue weighted by molar-refractivity contribution is -0.132. The molecule has 1 aromatic carbocycles. The minimum Gasteiger partial charge on any atom is -0.378 e. The highest BCUT2D eigenvalue weighted by Gasteiger charge is 2.18. The Hall–Kier alpha value is -2.16. The molecule has 1 aliphatic rings. The molecule has 3 heterocycles. The topological polar surface area (TPSA) is 73.1 Å². The van der Waals surface area contributed by atoms with Gasteiger partial charge in [0.1, 0.15) is 11.4 Å². The summed E-state index contributed by atoms with van der Waals surface area (Å²) in [5.41, 5.74) is 1.51. The largest absolute Gasteiger partial charge is 0.378 e. The zero-order valence-corrected chi connectivity index (χ0v) is 15.4. The Labute approximate surface area is 159 Å². The van der Waals surface area contributed by atoms with Crippen LogP contribution in [0.5, 0.6) is 0 Å². The summed E-state index contributed by atoms with van der Waals surface area (Å²) in [5, 5.41) is 6.60. The second kappa shape index (κ2) is 7.61. The van der Waals surface area contributed by atoms with Gasteiger partial charge in [0, 0.05) is 18.1 Å². The number of fused-ring (bicyclic) bond motifs is 1. The van der Waals surface area contributed by atoms with Gasteiger partial charge in [0.2, 0.25) is 5.91 Å². The number of hydrogen-bond acceptors (Lipinski definition) is 6. The van der Waals surface area contributed by atoms with Crippen molar-refractivity contribution >= 4 is 40.3 Å². The van der Waals surface area contributed by atoms with Gasteiger partial charge in [-0.2, -0.15) is 5.10 Å². The monoisotopic (exact) mass is 389 g/mol. The van der Waals surface area contributed by atoms with Crippen molar-refractivity contribution in [1.82, 2.24) is 24.6 Å². The van der Waals surface area contributed by atoms with E-state index in [4.69, 9.17) is 16.3 Å². The number of amides is 1. The van der Waals surface area contributed by atoms with E-state index < -0.39 is 0 Å². The molecule has 4 rings (SSSR count). The zero-order chi connectivity index (χ0) is 17.9. The molecule has 1 amide bonds. The van der Waals surface area contributed by atoms with Crippen molar-refractivity contribution in [2.45, 2.75) is 5.03 Å². The number of thioether (sulfide) groups is 1. The molecule has 2 aromatic heterocycles. The van der Waals surface area contributed by atoms with E-state index in [0.29, 0.717) is 42.7 Å². The summed E-state index contributed by atoms with van der Waals surface area (Å²) in [7, 11) is 0. The SMILES string of the molecule is O=C(CSc1ncnc2c1cnn2-c1cccc(Cl)c1)N1CCOCC1. The first-order valence-electron chi connectivity index (χ1n) is 8.15. The number of hydrogen-bond donors (Lipinski definition) is 0. The minimum absolute atomic E-state index is 0.0901. The quantitative estimate of drug-likeness (QED) is 0.504. The van der Waals surface area contributed by atoms with Gasteiger partial charge in [0.25, 0.3) is 0 Å². The Bertz CT molecular complexity index is 942. The van der Waals surface area contributed by atoms with Crippen LogP contribution in [0, 0.1) is 0 Å². The van der Waals surface area contributed by atoms with Crippen LogP contribution in [-0.2, 0) is 9.53 Å². The average molecular weight is 390 g/mol. The van der Waals surface area contributed by atoms with Crippen LogP contribution >= 0.6 is 23.4 Å². The first kappa shape index (κ1) is 17.3. The second-order valence-corrected chi connectivity index (χ2v) is 7.13. The van der Waals surface area contributed by atoms with E-state index in [9.17, 15) is 4.79 Å². The van der Waals surface area contributed by atoms with E-state index in [2.05, 4.69) is 15.1 Å². The average Bonchev–Trinajstić information content (AvgIpc) is 3.11. The molecule has 3 aromatic rings. The third-order valence-electron chi connectivity index (χ3n) is 4.08. The molecule has 0 bridgehead atoms. The summed E-state index contributed by atoms with van der Waals surface area (Å²) < 4.78 is 7.00. The maximum Gasteiger partial charge on any atom is 0.233 e. The van der Waals surface area contributed by atoms with Crippen LogP contribution in [0.2, 0.25) is 5.02 Å². The van der Waals surface area contributed by atoms with Crippen LogP contribution in [0.4, 0.5) is 0 Å². The summed E-state index contributed by atoms with van der Waals surface area (Å²) in [4.78, 5) is 22.8. The van der Waals surface area contributed by atoms with Crippen molar-refractivity contribution in [3.63, 3.8) is 0 Å². The van der Waals surface area contributed by atoms with E-state index in [1.54, 1.807) is 10.9 Å². The van der Waals surface area contributed by atoms with Gasteiger partial charge in [-0.25, -0.2) is 14.6 Å². The van der Waals surface area contributed by atoms with Crippen molar-refractivity contribution in [3.8, 4) is 5.69 Å². The predicted molar refractivity (Wildman–Crippen MR) is 99.8 cm³/mol. The molecule has 7 nitrogen and oxygen atoms in total. The standard InChI is InChI=1S/C17H16ClN5O2S/c18-12-2-1-3-13(8-12)23-16-14(9-21-23)17(20-11-19-16)26-10-15(24)22-4-6-25-7-5-22/h1-3,8-9,11H,4-7,10H2. The molecule has 0 unspecified atom stereocenters. The zero-order valence-electron chi connectivity index (χ0n) is 13.8. The van der Waals surface area contributed by atoms with Crippen LogP contribution in [0.25, 0.3) is 16.7 Å². The van der Waals surface area contributed by atoms with Gasteiger partial charge in [-0.3, -0.25) is 4.79 Å². The number of morpholine rings is 1. The molecule has 0 N–H and O–H groups in total. The number of halogens is 1. The van der Waals surface area contributed by atoms with Crippen LogP contribution in [0.1, 0.15) is 0 Å². The highest BCUT2D eigenvalue weighted by molar-refractivity contribution is 8.00. The lowest BCUT2D eigenvalue weighted by Crippen LogP contribution is -2.41. The number of benzene rings is 1. The number of rotatable bonds is 4. The Morgan fingerprint density at radius 3 is 2.92 bits per heavy atom. The van der Waals surface area contributed by atoms with Gasteiger partial charge < -0.3 is 9.64 Å². The molecular formula is C17H16ClN5O2S. The molecule has 0 radical (unpaired) electrons. The molecule has 26 heavy (non-hydrogen) atoms. The van der Waals surface area contributed by atoms with E-state index in [-0.39, 0.29) is 5.91 Å². The summed E-state index contributed by atoms with van der Waals surface area (Å²) in [6.45, 7) is 2.48. The van der Waals surface area contributed by atoms with Gasteiger partial charge in [-0.15, -0.1) is 0 Å². The Kier molecular flexibility index (Phi) is 5.05. The van der Waals surface area contributed by atoms with Crippen LogP contribution in [0.15, 0.2) is 41.8 Å². The third-order valence-corrected chi connectivity index (χ3v) is 5.30. The Balaban J connectivity index is 1.56. The number of ether oxygens (including phenoxy) is 1. The highest BCUT2D eigenvalue weighted by Crippen LogP contribution is 2.26. The lowest BCUT2D eigenvalue weighted by Gasteiger charge is -2.26. The lowest BCUT2D eigenvalue weighted by atomic mass is 10.3. The van der Waals surface area contributed by atoms with Crippen molar-refractivity contribution < 1.29 is 9.53 Å². The number of carbonyl (C=O) groups excluding carboxylic acids is 1. The van der Waals surface area contributed by atoms with Gasteiger partial charge in [0.05, 0.1) is 36.2 Å². The van der Waals surface area contributed by atoms with Crippen molar-refractivity contribution in [2.75, 3.05) is 32.1 Å². The fraction of sp³-hybridized carbons (Fsp3) is 0.294. The molecule has 0 spiro atoms. The first-order valence-corrected chi connectivity index (χ1v) is 9.52. The number of aromatic nitrogens is 4. The molecule has 1 fully saturated rings. The summed E-state index contributed by atoms with van der Waals surface area (Å²) in [6.07, 6.45) is 3.21.